The number of nitrogens with zero attached hydrogens (tertiary/aromatic N) is 3. The number of rotatable bonds is 6. The maximum atomic E-state index is 10.00. The van der Waals surface area contributed by atoms with Gasteiger partial charge in [0, 0.05) is 11.5 Å². The van der Waals surface area contributed by atoms with Gasteiger partial charge in [0.15, 0.2) is 6.73 Å². The van der Waals surface area contributed by atoms with Gasteiger partial charge in [0.2, 0.25) is 0 Å². The van der Waals surface area contributed by atoms with Crippen LogP contribution in [-0.2, 0) is 14.0 Å². The van der Waals surface area contributed by atoms with Crippen molar-refractivity contribution in [1.29, 1.82) is 0 Å². The summed E-state index contributed by atoms with van der Waals surface area (Å²) in [7, 11) is 1.69. The van der Waals surface area contributed by atoms with E-state index < -0.39 is 0 Å². The largest absolute Gasteiger partial charge is 0.445 e. The fourth-order valence-corrected chi connectivity index (χ4v) is 1.82. The minimum Gasteiger partial charge on any atom is -0.445 e. The van der Waals surface area contributed by atoms with Crippen LogP contribution in [0.1, 0.15) is 11.1 Å². The monoisotopic (exact) mass is 347 g/mol. The van der Waals surface area contributed by atoms with E-state index in [9.17, 15) is 4.79 Å². The van der Waals surface area contributed by atoms with Crippen LogP contribution in [0.3, 0.4) is 0 Å². The Bertz CT molecular complexity index is 410. The normalized spacial score (nSPS) is 10.5. The first-order chi connectivity index (χ1) is 8.17. The van der Waals surface area contributed by atoms with Gasteiger partial charge in [-0.15, -0.1) is 5.11 Å². The molecule has 0 aromatic heterocycles. The van der Waals surface area contributed by atoms with E-state index >= 15 is 0 Å². The molecule has 0 spiro atoms. The summed E-state index contributed by atoms with van der Waals surface area (Å²) in [6.07, 6.45) is 0. The molecular formula is C11H14IN3O2. The van der Waals surface area contributed by atoms with E-state index in [-0.39, 0.29) is 6.73 Å². The first-order valence-corrected chi connectivity index (χ1v) is 6.53. The fourth-order valence-electron chi connectivity index (χ4n) is 1.21. The lowest BCUT2D eigenvalue weighted by Crippen LogP contribution is -2.13. The van der Waals surface area contributed by atoms with Crippen LogP contribution >= 0.6 is 22.6 Å². The molecule has 0 atom stereocenters. The van der Waals surface area contributed by atoms with Gasteiger partial charge in [-0.25, -0.2) is 5.01 Å². The van der Waals surface area contributed by atoms with Crippen molar-refractivity contribution in [2.45, 2.75) is 11.4 Å². The maximum absolute atomic E-state index is 10.00. The third-order valence-electron chi connectivity index (χ3n) is 2.01. The quantitative estimate of drug-likeness (QED) is 0.199. The van der Waals surface area contributed by atoms with E-state index in [4.69, 9.17) is 0 Å². The van der Waals surface area contributed by atoms with Crippen LogP contribution in [0.2, 0.25) is 0 Å². The van der Waals surface area contributed by atoms with Crippen molar-refractivity contribution in [3.63, 3.8) is 0 Å². The molecule has 0 aliphatic heterocycles. The summed E-state index contributed by atoms with van der Waals surface area (Å²) >= 11 is 2.29. The van der Waals surface area contributed by atoms with Crippen LogP contribution in [0, 0.1) is 6.92 Å². The van der Waals surface area contributed by atoms with E-state index in [0.717, 1.165) is 15.7 Å². The third kappa shape index (κ3) is 4.68. The van der Waals surface area contributed by atoms with Crippen LogP contribution in [0.25, 0.3) is 0 Å². The molecule has 0 heterocycles. The van der Waals surface area contributed by atoms with E-state index in [1.807, 2.05) is 19.1 Å². The van der Waals surface area contributed by atoms with E-state index in [0.29, 0.717) is 6.47 Å². The van der Waals surface area contributed by atoms with Gasteiger partial charge in [-0.05, 0) is 18.6 Å². The van der Waals surface area contributed by atoms with Gasteiger partial charge in [-0.2, -0.15) is 0 Å². The molecule has 1 aromatic carbocycles. The zero-order chi connectivity index (χ0) is 12.7. The van der Waals surface area contributed by atoms with E-state index in [2.05, 4.69) is 43.7 Å². The standard InChI is InChI=1S/C11H14IN3O2/c1-9-3-4-11(10(5-9)6-12)13-14-15(2)7-17-8-16/h3-5,8H,6-7H2,1-2H3. The molecule has 6 heteroatoms. The van der Waals surface area contributed by atoms with Gasteiger partial charge in [-0.3, -0.25) is 4.79 Å². The summed E-state index contributed by atoms with van der Waals surface area (Å²) in [4.78, 5) is 10.00. The lowest BCUT2D eigenvalue weighted by molar-refractivity contribution is -0.132. The molecule has 0 aliphatic carbocycles. The molecule has 5 nitrogen and oxygen atoms in total. The molecule has 0 unspecified atom stereocenters. The summed E-state index contributed by atoms with van der Waals surface area (Å²) in [6, 6.07) is 6.01. The Morgan fingerprint density at radius 1 is 1.53 bits per heavy atom. The summed E-state index contributed by atoms with van der Waals surface area (Å²) in [5.41, 5.74) is 3.18. The molecular weight excluding hydrogens is 333 g/mol. The molecule has 0 amide bonds. The van der Waals surface area contributed by atoms with Crippen LogP contribution < -0.4 is 0 Å². The van der Waals surface area contributed by atoms with Crippen molar-refractivity contribution in [3.05, 3.63) is 29.3 Å². The zero-order valence-electron chi connectivity index (χ0n) is 9.76. The molecule has 0 N–H and O–H groups in total. The van der Waals surface area contributed by atoms with Crippen molar-refractivity contribution in [2.24, 2.45) is 10.3 Å². The van der Waals surface area contributed by atoms with Gasteiger partial charge in [-0.1, -0.05) is 45.5 Å². The Morgan fingerprint density at radius 2 is 2.29 bits per heavy atom. The van der Waals surface area contributed by atoms with Gasteiger partial charge >= 0.3 is 0 Å². The second-order valence-electron chi connectivity index (χ2n) is 3.50. The predicted octanol–water partition coefficient (Wildman–Crippen LogP) is 2.99. The van der Waals surface area contributed by atoms with Crippen molar-refractivity contribution >= 4 is 34.8 Å². The molecule has 0 fully saturated rings. The predicted molar refractivity (Wildman–Crippen MR) is 73.2 cm³/mol. The van der Waals surface area contributed by atoms with Gasteiger partial charge in [0.1, 0.15) is 0 Å². The molecule has 1 aromatic rings. The second-order valence-corrected chi connectivity index (χ2v) is 4.27. The maximum Gasteiger partial charge on any atom is 0.294 e. The summed E-state index contributed by atoms with van der Waals surface area (Å²) in [6.45, 7) is 2.52. The first kappa shape index (κ1) is 13.9. The number of aryl methyl sites for hydroxylation is 1. The lowest BCUT2D eigenvalue weighted by Gasteiger charge is -2.09. The van der Waals surface area contributed by atoms with Gasteiger partial charge in [0.05, 0.1) is 5.69 Å². The zero-order valence-corrected chi connectivity index (χ0v) is 11.9. The SMILES string of the molecule is Cc1ccc(N=NN(C)COC=O)c(CI)c1. The fraction of sp³-hybridized carbons (Fsp3) is 0.364. The van der Waals surface area contributed by atoms with Crippen LogP contribution in [0.5, 0.6) is 0 Å². The molecule has 17 heavy (non-hydrogen) atoms. The van der Waals surface area contributed by atoms with Crippen LogP contribution in [-0.4, -0.2) is 25.3 Å². The number of carbonyl (C=O) groups is 1. The molecule has 92 valence electrons. The number of carbonyl (C=O) groups excluding carboxylic acids is 1. The third-order valence-corrected chi connectivity index (χ3v) is 2.84. The average molecular weight is 347 g/mol. The minimum atomic E-state index is 0.0957. The first-order valence-electron chi connectivity index (χ1n) is 5.01. The van der Waals surface area contributed by atoms with Crippen molar-refractivity contribution in [2.75, 3.05) is 13.8 Å². The Kier molecular flexibility index (Phi) is 5.88. The van der Waals surface area contributed by atoms with Gasteiger partial charge in [0.25, 0.3) is 6.47 Å². The Hall–Kier alpha value is -1.18. The molecule has 0 saturated heterocycles. The highest BCUT2D eigenvalue weighted by molar-refractivity contribution is 14.1. The second kappa shape index (κ2) is 7.21. The van der Waals surface area contributed by atoms with Crippen molar-refractivity contribution in [1.82, 2.24) is 5.01 Å². The van der Waals surface area contributed by atoms with Crippen molar-refractivity contribution < 1.29 is 9.53 Å². The number of hydrogen-bond donors (Lipinski definition) is 0. The molecule has 0 saturated carbocycles. The van der Waals surface area contributed by atoms with Gasteiger partial charge < -0.3 is 4.74 Å². The number of alkyl halides is 1. The summed E-state index contributed by atoms with van der Waals surface area (Å²) in [5.74, 6) is 0. The van der Waals surface area contributed by atoms with Crippen LogP contribution in [0.4, 0.5) is 5.69 Å². The smallest absolute Gasteiger partial charge is 0.294 e. The number of halogens is 1. The minimum absolute atomic E-state index is 0.0957. The Morgan fingerprint density at radius 3 is 2.94 bits per heavy atom. The number of benzene rings is 1. The Labute approximate surface area is 114 Å². The highest BCUT2D eigenvalue weighted by Crippen LogP contribution is 2.23. The highest BCUT2D eigenvalue weighted by atomic mass is 127. The topological polar surface area (TPSA) is 54.3 Å². The summed E-state index contributed by atoms with van der Waals surface area (Å²) in [5, 5.41) is 9.51. The summed E-state index contributed by atoms with van der Waals surface area (Å²) < 4.78 is 5.43. The molecule has 0 aliphatic rings. The van der Waals surface area contributed by atoms with Crippen molar-refractivity contribution in [3.8, 4) is 0 Å². The molecule has 1 rings (SSSR count). The Balaban J connectivity index is 2.73. The molecule has 0 radical (unpaired) electrons. The highest BCUT2D eigenvalue weighted by Gasteiger charge is 2.01. The van der Waals surface area contributed by atoms with E-state index in [1.54, 1.807) is 7.05 Å². The number of hydrogen-bond acceptors (Lipinski definition) is 4. The van der Waals surface area contributed by atoms with Crippen LogP contribution in [0.15, 0.2) is 28.5 Å². The lowest BCUT2D eigenvalue weighted by atomic mass is 10.1. The van der Waals surface area contributed by atoms with E-state index in [1.165, 1.54) is 10.6 Å². The average Bonchev–Trinajstić information content (AvgIpc) is 2.34. The molecule has 0 bridgehead atoms. The number of ether oxygens (including phenoxy) is 1.